The molecule has 0 radical (unpaired) electrons. The summed E-state index contributed by atoms with van der Waals surface area (Å²) in [5.41, 5.74) is 4.92. The van der Waals surface area contributed by atoms with Crippen molar-refractivity contribution in [2.24, 2.45) is 0 Å². The second-order valence-electron chi connectivity index (χ2n) is 9.66. The maximum Gasteiger partial charge on any atom is 0.335 e. The van der Waals surface area contributed by atoms with Crippen molar-refractivity contribution in [1.29, 1.82) is 0 Å². The average Bonchev–Trinajstić information content (AvgIpc) is 3.21. The molecule has 0 saturated heterocycles. The summed E-state index contributed by atoms with van der Waals surface area (Å²) < 4.78 is 17.0. The molecule has 2 N–H and O–H groups in total. The highest BCUT2D eigenvalue weighted by atomic mass is 16.5. The minimum absolute atomic E-state index is 0.0432. The molecule has 1 aromatic heterocycles. The molecular formula is C29H35N3O6. The van der Waals surface area contributed by atoms with Crippen LogP contribution in [0.15, 0.2) is 40.9 Å². The van der Waals surface area contributed by atoms with Gasteiger partial charge in [0.05, 0.1) is 31.5 Å². The fourth-order valence-electron chi connectivity index (χ4n) is 4.71. The number of nitrogens with zero attached hydrogens (tertiary/aromatic N) is 2. The van der Waals surface area contributed by atoms with Crippen LogP contribution in [0.4, 0.5) is 0 Å². The summed E-state index contributed by atoms with van der Waals surface area (Å²) in [6, 6.07) is 11.0. The van der Waals surface area contributed by atoms with E-state index in [1.807, 2.05) is 30.9 Å². The summed E-state index contributed by atoms with van der Waals surface area (Å²) in [5.74, 6) is 1.06. The van der Waals surface area contributed by atoms with Crippen molar-refractivity contribution >= 4 is 11.9 Å². The lowest BCUT2D eigenvalue weighted by atomic mass is 10.00. The molecule has 9 nitrogen and oxygen atoms in total. The van der Waals surface area contributed by atoms with Gasteiger partial charge < -0.3 is 24.4 Å². The van der Waals surface area contributed by atoms with Gasteiger partial charge in [-0.25, -0.2) is 4.79 Å². The molecule has 4 rings (SSSR count). The van der Waals surface area contributed by atoms with Gasteiger partial charge in [-0.15, -0.1) is 0 Å². The minimum Gasteiger partial charge on any atom is -0.496 e. The Balaban J connectivity index is 1.63. The number of rotatable bonds is 6. The van der Waals surface area contributed by atoms with E-state index in [1.54, 1.807) is 25.3 Å². The van der Waals surface area contributed by atoms with E-state index in [1.165, 1.54) is 0 Å². The van der Waals surface area contributed by atoms with Crippen LogP contribution < -0.4 is 14.8 Å². The van der Waals surface area contributed by atoms with Crippen LogP contribution in [0.3, 0.4) is 0 Å². The van der Waals surface area contributed by atoms with Gasteiger partial charge in [0.1, 0.15) is 17.3 Å². The lowest BCUT2D eigenvalue weighted by Crippen LogP contribution is -2.37. The van der Waals surface area contributed by atoms with E-state index in [4.69, 9.17) is 14.0 Å². The van der Waals surface area contributed by atoms with E-state index in [0.29, 0.717) is 38.4 Å². The highest BCUT2D eigenvalue weighted by molar-refractivity contribution is 5.88. The van der Waals surface area contributed by atoms with Gasteiger partial charge in [0.25, 0.3) is 0 Å². The zero-order valence-corrected chi connectivity index (χ0v) is 22.2. The van der Waals surface area contributed by atoms with Gasteiger partial charge in [-0.2, -0.15) is 0 Å². The molecule has 1 amide bonds. The van der Waals surface area contributed by atoms with E-state index >= 15 is 0 Å². The number of fused-ring (bicyclic) bond motifs is 1. The van der Waals surface area contributed by atoms with Crippen LogP contribution in [0.1, 0.15) is 63.3 Å². The van der Waals surface area contributed by atoms with Crippen molar-refractivity contribution < 1.29 is 28.7 Å². The Labute approximate surface area is 222 Å². The largest absolute Gasteiger partial charge is 0.496 e. The van der Waals surface area contributed by atoms with E-state index in [2.05, 4.69) is 16.5 Å². The first-order valence-electron chi connectivity index (χ1n) is 12.9. The van der Waals surface area contributed by atoms with E-state index in [0.717, 1.165) is 58.7 Å². The van der Waals surface area contributed by atoms with Crippen LogP contribution in [0.2, 0.25) is 0 Å². The summed E-state index contributed by atoms with van der Waals surface area (Å²) in [7, 11) is 1.65. The lowest BCUT2D eigenvalue weighted by molar-refractivity contribution is -0.122. The highest BCUT2D eigenvalue weighted by Crippen LogP contribution is 2.28. The van der Waals surface area contributed by atoms with E-state index in [-0.39, 0.29) is 18.0 Å². The Kier molecular flexibility index (Phi) is 9.02. The molecule has 0 aliphatic carbocycles. The topological polar surface area (TPSA) is 114 Å². The monoisotopic (exact) mass is 521 g/mol. The first-order valence-corrected chi connectivity index (χ1v) is 12.9. The Morgan fingerprint density at radius 2 is 1.97 bits per heavy atom. The second kappa shape index (κ2) is 12.6. The third kappa shape index (κ3) is 6.92. The fraction of sp³-hybridized carbons (Fsp3) is 0.414. The SMILES string of the molecule is COc1ccc(CN2CC(=O)NCCCCCOc3cc(C(=O)O)ccc3C2)cc1Cc1c(C)noc1C. The maximum absolute atomic E-state index is 12.8. The summed E-state index contributed by atoms with van der Waals surface area (Å²) in [4.78, 5) is 26.4. The number of aryl methyl sites for hydroxylation is 2. The number of benzene rings is 2. The van der Waals surface area contributed by atoms with Crippen molar-refractivity contribution in [3.63, 3.8) is 0 Å². The van der Waals surface area contributed by atoms with Gasteiger partial charge in [0.2, 0.25) is 5.91 Å². The maximum atomic E-state index is 12.8. The molecule has 0 fully saturated rings. The zero-order valence-electron chi connectivity index (χ0n) is 22.2. The molecule has 0 unspecified atom stereocenters. The van der Waals surface area contributed by atoms with Crippen molar-refractivity contribution in [1.82, 2.24) is 15.4 Å². The number of amides is 1. The molecule has 3 aromatic rings. The van der Waals surface area contributed by atoms with Crippen LogP contribution in [-0.4, -0.2) is 53.8 Å². The molecule has 2 heterocycles. The third-order valence-electron chi connectivity index (χ3n) is 6.78. The molecule has 0 spiro atoms. The Bertz CT molecular complexity index is 1270. The number of carboxylic acid groups (broad SMARTS) is 1. The molecule has 0 saturated carbocycles. The quantitative estimate of drug-likeness (QED) is 0.494. The number of ether oxygens (including phenoxy) is 2. The Hall–Kier alpha value is -3.85. The number of nitrogens with one attached hydrogen (secondary N) is 1. The number of methoxy groups -OCH3 is 1. The van der Waals surface area contributed by atoms with Crippen LogP contribution in [0.5, 0.6) is 11.5 Å². The lowest BCUT2D eigenvalue weighted by Gasteiger charge is -2.24. The normalized spacial score (nSPS) is 15.3. The predicted octanol–water partition coefficient (Wildman–Crippen LogP) is 4.27. The first kappa shape index (κ1) is 27.2. The smallest absolute Gasteiger partial charge is 0.335 e. The van der Waals surface area contributed by atoms with Gasteiger partial charge >= 0.3 is 5.97 Å². The van der Waals surface area contributed by atoms with Crippen LogP contribution in [0, 0.1) is 13.8 Å². The number of aromatic nitrogens is 1. The van der Waals surface area contributed by atoms with Crippen LogP contribution >= 0.6 is 0 Å². The number of carbonyl (C=O) groups is 2. The van der Waals surface area contributed by atoms with Gasteiger partial charge in [-0.05, 0) is 62.4 Å². The van der Waals surface area contributed by atoms with Crippen LogP contribution in [0.25, 0.3) is 0 Å². The number of carbonyl (C=O) groups excluding carboxylic acids is 1. The van der Waals surface area contributed by atoms with Crippen molar-refractivity contribution in [3.8, 4) is 11.5 Å². The first-order chi connectivity index (χ1) is 18.3. The highest BCUT2D eigenvalue weighted by Gasteiger charge is 2.19. The Morgan fingerprint density at radius 1 is 1.13 bits per heavy atom. The van der Waals surface area contributed by atoms with Crippen molar-refractivity contribution in [2.45, 2.75) is 52.6 Å². The molecule has 2 aromatic carbocycles. The molecule has 38 heavy (non-hydrogen) atoms. The molecule has 202 valence electrons. The van der Waals surface area contributed by atoms with Crippen LogP contribution in [-0.2, 0) is 24.3 Å². The minimum atomic E-state index is -1.00. The third-order valence-corrected chi connectivity index (χ3v) is 6.78. The van der Waals surface area contributed by atoms with Crippen molar-refractivity contribution in [3.05, 3.63) is 75.7 Å². The predicted molar refractivity (Wildman–Crippen MR) is 142 cm³/mol. The molecule has 0 atom stereocenters. The summed E-state index contributed by atoms with van der Waals surface area (Å²) in [5, 5.41) is 16.6. The number of aromatic carboxylic acids is 1. The number of hydrogen-bond donors (Lipinski definition) is 2. The number of carboxylic acids is 1. The molecule has 9 heteroatoms. The van der Waals surface area contributed by atoms with Gasteiger partial charge in [-0.3, -0.25) is 9.69 Å². The molecule has 0 bridgehead atoms. The molecular weight excluding hydrogens is 486 g/mol. The average molecular weight is 522 g/mol. The number of hydrogen-bond acceptors (Lipinski definition) is 7. The van der Waals surface area contributed by atoms with Gasteiger partial charge in [0.15, 0.2) is 0 Å². The van der Waals surface area contributed by atoms with E-state index < -0.39 is 5.97 Å². The second-order valence-corrected chi connectivity index (χ2v) is 9.66. The van der Waals surface area contributed by atoms with E-state index in [9.17, 15) is 14.7 Å². The summed E-state index contributed by atoms with van der Waals surface area (Å²) >= 11 is 0. The standard InChI is InChI=1S/C29H35N3O6/c1-19-25(20(2)38-31-19)14-24-13-21(7-10-26(24)36-3)16-32-17-23-9-8-22(29(34)35)15-27(23)37-12-6-4-5-11-30-28(33)18-32/h7-10,13,15H,4-6,11-12,14,16-18H2,1-3H3,(H,30,33)(H,34,35). The zero-order chi connectivity index (χ0) is 27.1. The van der Waals surface area contributed by atoms with Gasteiger partial charge in [0, 0.05) is 37.2 Å². The molecule has 1 aliphatic heterocycles. The summed E-state index contributed by atoms with van der Waals surface area (Å²) in [6.07, 6.45) is 3.22. The van der Waals surface area contributed by atoms with Crippen molar-refractivity contribution in [2.75, 3.05) is 26.8 Å². The Morgan fingerprint density at radius 3 is 2.71 bits per heavy atom. The summed E-state index contributed by atoms with van der Waals surface area (Å²) in [6.45, 7) is 6.07. The molecule has 1 aliphatic rings. The van der Waals surface area contributed by atoms with Gasteiger partial charge in [-0.1, -0.05) is 23.4 Å². The fourth-order valence-corrected chi connectivity index (χ4v) is 4.71.